The molecule has 6 nitrogen and oxygen atoms in total. The highest BCUT2D eigenvalue weighted by atomic mass is 35.5. The Balaban J connectivity index is 1.58. The Labute approximate surface area is 142 Å². The molecular formula is C16H15ClFN5O. The minimum Gasteiger partial charge on any atom is -0.369 e. The lowest BCUT2D eigenvalue weighted by Gasteiger charge is -2.08. The van der Waals surface area contributed by atoms with Gasteiger partial charge in [0.1, 0.15) is 11.6 Å². The van der Waals surface area contributed by atoms with Gasteiger partial charge >= 0.3 is 0 Å². The molecule has 0 radical (unpaired) electrons. The van der Waals surface area contributed by atoms with Crippen LogP contribution in [0.3, 0.4) is 0 Å². The van der Waals surface area contributed by atoms with Gasteiger partial charge in [-0.2, -0.15) is 0 Å². The number of halogens is 2. The third-order valence-corrected chi connectivity index (χ3v) is 3.74. The molecule has 3 aromatic rings. The fourth-order valence-electron chi connectivity index (χ4n) is 2.33. The highest BCUT2D eigenvalue weighted by Crippen LogP contribution is 2.19. The van der Waals surface area contributed by atoms with Crippen molar-refractivity contribution in [3.05, 3.63) is 53.3 Å². The van der Waals surface area contributed by atoms with Gasteiger partial charge in [-0.1, -0.05) is 11.6 Å². The highest BCUT2D eigenvalue weighted by Gasteiger charge is 2.09. The van der Waals surface area contributed by atoms with Crippen LogP contribution in [0.5, 0.6) is 0 Å². The first-order valence-corrected chi connectivity index (χ1v) is 7.70. The van der Waals surface area contributed by atoms with Crippen LogP contribution in [0.15, 0.2) is 36.8 Å². The van der Waals surface area contributed by atoms with Gasteiger partial charge in [-0.15, -0.1) is 0 Å². The van der Waals surface area contributed by atoms with Crippen molar-refractivity contribution in [3.8, 4) is 0 Å². The Morgan fingerprint density at radius 1 is 1.42 bits per heavy atom. The van der Waals surface area contributed by atoms with Crippen molar-refractivity contribution in [2.24, 2.45) is 0 Å². The van der Waals surface area contributed by atoms with Crippen LogP contribution in [0.25, 0.3) is 5.65 Å². The SMILES string of the molecule is Cc1nc2cnccn2c1NCCC(=O)Nc1ccc(F)c(Cl)c1. The van der Waals surface area contributed by atoms with Gasteiger partial charge in [0.2, 0.25) is 5.91 Å². The third-order valence-electron chi connectivity index (χ3n) is 3.45. The third kappa shape index (κ3) is 3.46. The lowest BCUT2D eigenvalue weighted by atomic mass is 10.3. The van der Waals surface area contributed by atoms with Crippen molar-refractivity contribution in [1.29, 1.82) is 0 Å². The number of aromatic nitrogens is 3. The normalized spacial score (nSPS) is 10.8. The number of carbonyl (C=O) groups is 1. The van der Waals surface area contributed by atoms with Crippen LogP contribution in [-0.4, -0.2) is 26.8 Å². The molecule has 2 heterocycles. The standard InChI is InChI=1S/C16H15ClFN5O/c1-10-16(23-7-6-19-9-14(23)21-10)20-5-4-15(24)22-11-2-3-13(18)12(17)8-11/h2-3,6-9,20H,4-5H2,1H3,(H,22,24). The number of imidazole rings is 1. The molecule has 0 fully saturated rings. The minimum atomic E-state index is -0.520. The van der Waals surface area contributed by atoms with E-state index in [-0.39, 0.29) is 17.4 Å². The number of carbonyl (C=O) groups excluding carboxylic acids is 1. The summed E-state index contributed by atoms with van der Waals surface area (Å²) < 4.78 is 15.0. The number of nitrogens with one attached hydrogen (secondary N) is 2. The highest BCUT2D eigenvalue weighted by molar-refractivity contribution is 6.31. The maximum absolute atomic E-state index is 13.1. The van der Waals surface area contributed by atoms with E-state index in [1.165, 1.54) is 18.2 Å². The van der Waals surface area contributed by atoms with Gasteiger partial charge in [0.25, 0.3) is 0 Å². The second-order valence-corrected chi connectivity index (χ2v) is 5.61. The molecule has 24 heavy (non-hydrogen) atoms. The van der Waals surface area contributed by atoms with E-state index in [2.05, 4.69) is 20.6 Å². The van der Waals surface area contributed by atoms with Crippen LogP contribution in [0.4, 0.5) is 15.9 Å². The molecule has 0 bridgehead atoms. The Morgan fingerprint density at radius 2 is 2.25 bits per heavy atom. The summed E-state index contributed by atoms with van der Waals surface area (Å²) in [4.78, 5) is 20.4. The van der Waals surface area contributed by atoms with E-state index in [0.717, 1.165) is 17.2 Å². The molecule has 0 aliphatic carbocycles. The van der Waals surface area contributed by atoms with E-state index in [4.69, 9.17) is 11.6 Å². The minimum absolute atomic E-state index is 0.0270. The molecule has 3 rings (SSSR count). The second kappa shape index (κ2) is 6.84. The number of nitrogens with zero attached hydrogens (tertiary/aromatic N) is 3. The smallest absolute Gasteiger partial charge is 0.226 e. The van der Waals surface area contributed by atoms with Gasteiger partial charge in [0, 0.05) is 31.0 Å². The summed E-state index contributed by atoms with van der Waals surface area (Å²) in [5.74, 6) is 0.109. The first-order valence-electron chi connectivity index (χ1n) is 7.32. The van der Waals surface area contributed by atoms with E-state index in [1.54, 1.807) is 18.6 Å². The number of hydrogen-bond acceptors (Lipinski definition) is 4. The van der Waals surface area contributed by atoms with Crippen LogP contribution in [0, 0.1) is 12.7 Å². The Bertz CT molecular complexity index is 895. The maximum Gasteiger partial charge on any atom is 0.226 e. The molecule has 124 valence electrons. The molecule has 0 saturated carbocycles. The largest absolute Gasteiger partial charge is 0.369 e. The van der Waals surface area contributed by atoms with Gasteiger partial charge in [0.15, 0.2) is 5.65 Å². The summed E-state index contributed by atoms with van der Waals surface area (Å²) in [7, 11) is 0. The van der Waals surface area contributed by atoms with Crippen LogP contribution in [-0.2, 0) is 4.79 Å². The molecule has 0 aliphatic rings. The van der Waals surface area contributed by atoms with E-state index in [9.17, 15) is 9.18 Å². The van der Waals surface area contributed by atoms with E-state index >= 15 is 0 Å². The summed E-state index contributed by atoms with van der Waals surface area (Å²) in [6.45, 7) is 2.31. The molecule has 0 unspecified atom stereocenters. The molecule has 2 aromatic heterocycles. The van der Waals surface area contributed by atoms with Crippen LogP contribution >= 0.6 is 11.6 Å². The molecule has 0 spiro atoms. The van der Waals surface area contributed by atoms with Crippen LogP contribution < -0.4 is 10.6 Å². The van der Waals surface area contributed by atoms with Crippen molar-refractivity contribution in [2.75, 3.05) is 17.2 Å². The molecule has 0 saturated heterocycles. The van der Waals surface area contributed by atoms with Gasteiger partial charge in [-0.3, -0.25) is 14.2 Å². The summed E-state index contributed by atoms with van der Waals surface area (Å²) >= 11 is 5.69. The summed E-state index contributed by atoms with van der Waals surface area (Å²) in [5.41, 5.74) is 2.03. The number of amides is 1. The lowest BCUT2D eigenvalue weighted by molar-refractivity contribution is -0.115. The predicted octanol–water partition coefficient (Wildman–Crippen LogP) is 3.27. The lowest BCUT2D eigenvalue weighted by Crippen LogP contribution is -2.17. The van der Waals surface area contributed by atoms with Gasteiger partial charge < -0.3 is 10.6 Å². The average Bonchev–Trinajstić information content (AvgIpc) is 2.87. The van der Waals surface area contributed by atoms with Crippen molar-refractivity contribution in [1.82, 2.24) is 14.4 Å². The maximum atomic E-state index is 13.1. The molecule has 8 heteroatoms. The quantitative estimate of drug-likeness (QED) is 0.743. The number of rotatable bonds is 5. The molecule has 1 aromatic carbocycles. The molecule has 0 aliphatic heterocycles. The Hall–Kier alpha value is -2.67. The molecule has 2 N–H and O–H groups in total. The van der Waals surface area contributed by atoms with Crippen molar-refractivity contribution >= 4 is 34.7 Å². The van der Waals surface area contributed by atoms with Crippen molar-refractivity contribution in [2.45, 2.75) is 13.3 Å². The molecular weight excluding hydrogens is 333 g/mol. The van der Waals surface area contributed by atoms with E-state index < -0.39 is 5.82 Å². The average molecular weight is 348 g/mol. The Kier molecular flexibility index (Phi) is 4.61. The molecule has 1 amide bonds. The van der Waals surface area contributed by atoms with Gasteiger partial charge in [-0.05, 0) is 25.1 Å². The number of anilines is 2. The summed E-state index contributed by atoms with van der Waals surface area (Å²) in [6, 6.07) is 4.06. The van der Waals surface area contributed by atoms with Gasteiger partial charge in [0.05, 0.1) is 16.9 Å². The zero-order valence-electron chi connectivity index (χ0n) is 12.9. The number of hydrogen-bond donors (Lipinski definition) is 2. The molecule has 0 atom stereocenters. The topological polar surface area (TPSA) is 71.3 Å². The predicted molar refractivity (Wildman–Crippen MR) is 90.9 cm³/mol. The summed E-state index contributed by atoms with van der Waals surface area (Å²) in [5, 5.41) is 5.85. The fourth-order valence-corrected chi connectivity index (χ4v) is 2.51. The fraction of sp³-hybridized carbons (Fsp3) is 0.188. The number of aryl methyl sites for hydroxylation is 1. The van der Waals surface area contributed by atoms with E-state index in [0.29, 0.717) is 12.2 Å². The summed E-state index contributed by atoms with van der Waals surface area (Å²) in [6.07, 6.45) is 5.39. The van der Waals surface area contributed by atoms with Gasteiger partial charge in [-0.25, -0.2) is 9.37 Å². The van der Waals surface area contributed by atoms with Crippen LogP contribution in [0.1, 0.15) is 12.1 Å². The van der Waals surface area contributed by atoms with E-state index in [1.807, 2.05) is 11.3 Å². The zero-order valence-corrected chi connectivity index (χ0v) is 13.6. The number of benzene rings is 1. The van der Waals surface area contributed by atoms with Crippen molar-refractivity contribution in [3.63, 3.8) is 0 Å². The second-order valence-electron chi connectivity index (χ2n) is 5.20. The van der Waals surface area contributed by atoms with Crippen LogP contribution in [0.2, 0.25) is 5.02 Å². The first kappa shape index (κ1) is 16.2. The van der Waals surface area contributed by atoms with Crippen molar-refractivity contribution < 1.29 is 9.18 Å². The Morgan fingerprint density at radius 3 is 3.04 bits per heavy atom. The first-order chi connectivity index (χ1) is 11.5. The zero-order chi connectivity index (χ0) is 17.1. The number of fused-ring (bicyclic) bond motifs is 1. The monoisotopic (exact) mass is 347 g/mol.